The first-order chi connectivity index (χ1) is 40.6. The van der Waals surface area contributed by atoms with E-state index >= 15 is 0 Å². The minimum absolute atomic E-state index is 0.926. The summed E-state index contributed by atoms with van der Waals surface area (Å²) in [6.45, 7) is 0. The Hall–Kier alpha value is -10.7. The Morgan fingerprint density at radius 2 is 0.476 bits per heavy atom. The third-order valence-corrected chi connectivity index (χ3v) is 16.4. The zero-order valence-electron chi connectivity index (χ0n) is 45.2. The van der Waals surface area contributed by atoms with Gasteiger partial charge in [-0.3, -0.25) is 0 Å². The Bertz CT molecular complexity index is 4340. The molecule has 0 saturated carbocycles. The van der Waals surface area contributed by atoms with Crippen molar-refractivity contribution in [1.82, 2.24) is 0 Å². The van der Waals surface area contributed by atoms with Crippen molar-refractivity contribution < 1.29 is 0 Å². The number of aryl methyl sites for hydroxylation is 2. The molecule has 0 aliphatic heterocycles. The maximum absolute atomic E-state index is 2.43. The van der Waals surface area contributed by atoms with Gasteiger partial charge in [-0.05, 0) is 201 Å². The lowest BCUT2D eigenvalue weighted by Crippen LogP contribution is -2.14. The number of rotatable bonds is 12. The summed E-state index contributed by atoms with van der Waals surface area (Å²) < 4.78 is 0. The van der Waals surface area contributed by atoms with Crippen molar-refractivity contribution in [3.63, 3.8) is 0 Å². The highest BCUT2D eigenvalue weighted by molar-refractivity contribution is 6.01. The van der Waals surface area contributed by atoms with Crippen LogP contribution in [0.5, 0.6) is 0 Å². The Kier molecular flexibility index (Phi) is 12.3. The smallest absolute Gasteiger partial charge is 0.0540 e. The van der Waals surface area contributed by atoms with E-state index in [2.05, 4.69) is 335 Å². The first-order valence-electron chi connectivity index (χ1n) is 28.4. The zero-order valence-corrected chi connectivity index (χ0v) is 45.2. The SMILES string of the molecule is c1ccc(N(c2ccc(N(c3ccc4c(c3)CCc3cc(N(c5ccc(N(c6ccccc6)c6cccc7ccccc67)cc5)c5ccc6ccccc6c5)ccc3-4)c3ccc4ccccc4c3)cc2)c2cccc3ccccc23)cc1. The van der Waals surface area contributed by atoms with Gasteiger partial charge in [0.05, 0.1) is 11.4 Å². The molecule has 4 nitrogen and oxygen atoms in total. The maximum Gasteiger partial charge on any atom is 0.0540 e. The first-order valence-corrected chi connectivity index (χ1v) is 28.4. The van der Waals surface area contributed by atoms with E-state index in [4.69, 9.17) is 0 Å². The molecule has 0 spiro atoms. The highest BCUT2D eigenvalue weighted by atomic mass is 15.2. The lowest BCUT2D eigenvalue weighted by molar-refractivity contribution is 0.940. The second-order valence-corrected chi connectivity index (χ2v) is 21.3. The van der Waals surface area contributed by atoms with E-state index in [1.165, 1.54) is 65.3 Å². The molecule has 388 valence electrons. The summed E-state index contributed by atoms with van der Waals surface area (Å²) in [7, 11) is 0. The van der Waals surface area contributed by atoms with Crippen LogP contribution in [0.2, 0.25) is 0 Å². The minimum atomic E-state index is 0.926. The van der Waals surface area contributed by atoms with Gasteiger partial charge in [0.2, 0.25) is 0 Å². The van der Waals surface area contributed by atoms with Gasteiger partial charge in [0.25, 0.3) is 0 Å². The van der Waals surface area contributed by atoms with Gasteiger partial charge in [-0.25, -0.2) is 0 Å². The fraction of sp³-hybridized carbons (Fsp3) is 0.0256. The van der Waals surface area contributed by atoms with E-state index in [-0.39, 0.29) is 0 Å². The van der Waals surface area contributed by atoms with Crippen molar-refractivity contribution in [1.29, 1.82) is 0 Å². The second kappa shape index (κ2) is 20.8. The van der Waals surface area contributed by atoms with Gasteiger partial charge >= 0.3 is 0 Å². The van der Waals surface area contributed by atoms with Gasteiger partial charge in [-0.1, -0.05) is 182 Å². The molecule has 0 fully saturated rings. The number of fused-ring (bicyclic) bond motifs is 7. The summed E-state index contributed by atoms with van der Waals surface area (Å²) in [5, 5.41) is 9.70. The molecular formula is C78H56N4. The summed E-state index contributed by atoms with van der Waals surface area (Å²) in [5.41, 5.74) is 18.6. The topological polar surface area (TPSA) is 13.0 Å². The molecule has 1 aliphatic rings. The van der Waals surface area contributed by atoms with Crippen LogP contribution < -0.4 is 19.6 Å². The van der Waals surface area contributed by atoms with Crippen LogP contribution in [0, 0.1) is 0 Å². The normalized spacial score (nSPS) is 11.8. The predicted octanol–water partition coefficient (Wildman–Crippen LogP) is 21.9. The maximum atomic E-state index is 2.43. The number of hydrogen-bond acceptors (Lipinski definition) is 4. The van der Waals surface area contributed by atoms with Crippen molar-refractivity contribution in [2.75, 3.05) is 19.6 Å². The molecule has 15 rings (SSSR count). The molecule has 0 amide bonds. The highest BCUT2D eigenvalue weighted by Crippen LogP contribution is 2.47. The van der Waals surface area contributed by atoms with Crippen LogP contribution in [-0.4, -0.2) is 0 Å². The Balaban J connectivity index is 0.798. The average Bonchev–Trinajstić information content (AvgIpc) is 3.73. The van der Waals surface area contributed by atoms with Gasteiger partial charge in [-0.2, -0.15) is 0 Å². The monoisotopic (exact) mass is 1050 g/mol. The molecule has 14 aromatic carbocycles. The van der Waals surface area contributed by atoms with Gasteiger partial charge in [0.15, 0.2) is 0 Å². The Morgan fingerprint density at radius 3 is 0.890 bits per heavy atom. The third kappa shape index (κ3) is 8.93. The molecule has 14 aromatic rings. The van der Waals surface area contributed by atoms with Crippen LogP contribution in [0.4, 0.5) is 68.2 Å². The molecule has 0 unspecified atom stereocenters. The molecule has 0 radical (unpaired) electrons. The summed E-state index contributed by atoms with van der Waals surface area (Å²) >= 11 is 0. The molecule has 0 bridgehead atoms. The second-order valence-electron chi connectivity index (χ2n) is 21.3. The molecule has 1 aliphatic carbocycles. The third-order valence-electron chi connectivity index (χ3n) is 16.4. The minimum Gasteiger partial charge on any atom is -0.310 e. The number of nitrogens with zero attached hydrogens (tertiary/aromatic N) is 4. The van der Waals surface area contributed by atoms with Crippen molar-refractivity contribution in [3.05, 3.63) is 327 Å². The van der Waals surface area contributed by atoms with Crippen LogP contribution in [0.15, 0.2) is 315 Å². The number of hydrogen-bond donors (Lipinski definition) is 0. The van der Waals surface area contributed by atoms with Crippen molar-refractivity contribution in [2.45, 2.75) is 12.8 Å². The predicted molar refractivity (Wildman–Crippen MR) is 348 cm³/mol. The van der Waals surface area contributed by atoms with Gasteiger partial charge < -0.3 is 19.6 Å². The number of anilines is 12. The molecule has 0 N–H and O–H groups in total. The average molecular weight is 1050 g/mol. The molecule has 0 heterocycles. The molecular weight excluding hydrogens is 993 g/mol. The summed E-state index contributed by atoms with van der Waals surface area (Å²) in [4.78, 5) is 9.60. The standard InChI is InChI=1S/C78H56N4/c1-3-25-63(26-4-1)81(77-31-15-23-57-19-11-13-29-75(57)77)67-43-39-65(40-44-67)79(69-37-35-55-17-7-9-21-59(55)51-69)71-47-49-73-61(53-71)33-34-62-54-72(48-50-74(62)73)80(70-38-36-56-18-8-10-22-60(56)52-70)66-41-45-68(46-42-66)82(64-27-5-2-6-28-64)78-32-16-24-58-20-12-14-30-76(58)78/h1-32,35-54H,33-34H2. The van der Waals surface area contributed by atoms with Crippen LogP contribution in [0.3, 0.4) is 0 Å². The van der Waals surface area contributed by atoms with Crippen LogP contribution >= 0.6 is 0 Å². The van der Waals surface area contributed by atoms with Crippen molar-refractivity contribution in [2.24, 2.45) is 0 Å². The van der Waals surface area contributed by atoms with Gasteiger partial charge in [0, 0.05) is 67.6 Å². The molecule has 0 atom stereocenters. The van der Waals surface area contributed by atoms with E-state index in [0.717, 1.165) is 81.1 Å². The van der Waals surface area contributed by atoms with E-state index < -0.39 is 0 Å². The molecule has 0 aromatic heterocycles. The van der Waals surface area contributed by atoms with E-state index in [1.54, 1.807) is 0 Å². The zero-order chi connectivity index (χ0) is 54.3. The van der Waals surface area contributed by atoms with E-state index in [9.17, 15) is 0 Å². The van der Waals surface area contributed by atoms with Crippen LogP contribution in [0.1, 0.15) is 11.1 Å². The van der Waals surface area contributed by atoms with Gasteiger partial charge in [0.1, 0.15) is 0 Å². The number of para-hydroxylation sites is 2. The van der Waals surface area contributed by atoms with Crippen LogP contribution in [-0.2, 0) is 12.8 Å². The lowest BCUT2D eigenvalue weighted by Gasteiger charge is -2.31. The van der Waals surface area contributed by atoms with Crippen molar-refractivity contribution >= 4 is 111 Å². The largest absolute Gasteiger partial charge is 0.310 e. The molecule has 82 heavy (non-hydrogen) atoms. The van der Waals surface area contributed by atoms with Crippen LogP contribution in [0.25, 0.3) is 54.2 Å². The Labute approximate surface area is 478 Å². The summed E-state index contributed by atoms with van der Waals surface area (Å²) in [6.07, 6.45) is 1.85. The highest BCUT2D eigenvalue weighted by Gasteiger charge is 2.24. The summed E-state index contributed by atoms with van der Waals surface area (Å²) in [5.74, 6) is 0. The lowest BCUT2D eigenvalue weighted by atomic mass is 9.85. The Morgan fingerprint density at radius 1 is 0.183 bits per heavy atom. The first kappa shape index (κ1) is 48.4. The fourth-order valence-electron chi connectivity index (χ4n) is 12.5. The molecule has 4 heteroatoms. The van der Waals surface area contributed by atoms with Gasteiger partial charge in [-0.15, -0.1) is 0 Å². The molecule has 0 saturated heterocycles. The summed E-state index contributed by atoms with van der Waals surface area (Å²) in [6, 6.07) is 115. The fourth-order valence-corrected chi connectivity index (χ4v) is 12.5. The van der Waals surface area contributed by atoms with Crippen molar-refractivity contribution in [3.8, 4) is 11.1 Å². The van der Waals surface area contributed by atoms with E-state index in [1.807, 2.05) is 0 Å². The number of benzene rings is 14. The van der Waals surface area contributed by atoms with E-state index in [0.29, 0.717) is 0 Å². The quantitative estimate of drug-likeness (QED) is 0.121.